The lowest BCUT2D eigenvalue weighted by atomic mass is 9.94. The van der Waals surface area contributed by atoms with Gasteiger partial charge in [0.25, 0.3) is 0 Å². The normalized spacial score (nSPS) is 29.5. The number of nitrogens with zero attached hydrogens (tertiary/aromatic N) is 1. The van der Waals surface area contributed by atoms with Gasteiger partial charge in [-0.2, -0.15) is 0 Å². The predicted molar refractivity (Wildman–Crippen MR) is 81.8 cm³/mol. The molecule has 2 fully saturated rings. The summed E-state index contributed by atoms with van der Waals surface area (Å²) in [6, 6.07) is 0.283. The lowest BCUT2D eigenvalue weighted by Gasteiger charge is -2.31. The quantitative estimate of drug-likeness (QED) is 0.766. The maximum Gasteiger partial charge on any atom is 0.307 e. The molecule has 3 atom stereocenters. The van der Waals surface area contributed by atoms with Crippen LogP contribution in [0.1, 0.15) is 51.9 Å². The van der Waals surface area contributed by atoms with Gasteiger partial charge in [0.05, 0.1) is 11.8 Å². The Hall–Kier alpha value is -1.32. The summed E-state index contributed by atoms with van der Waals surface area (Å²) in [4.78, 5) is 26.3. The van der Waals surface area contributed by atoms with E-state index in [0.717, 1.165) is 38.5 Å². The van der Waals surface area contributed by atoms with E-state index >= 15 is 0 Å². The summed E-state index contributed by atoms with van der Waals surface area (Å²) < 4.78 is 0. The van der Waals surface area contributed by atoms with Gasteiger partial charge in [-0.25, -0.2) is 0 Å². The Morgan fingerprint density at radius 1 is 1.24 bits per heavy atom. The molecule has 1 unspecified atom stereocenters. The summed E-state index contributed by atoms with van der Waals surface area (Å²) in [7, 11) is 0. The van der Waals surface area contributed by atoms with Crippen molar-refractivity contribution in [1.82, 2.24) is 4.90 Å². The van der Waals surface area contributed by atoms with Gasteiger partial charge in [-0.3, -0.25) is 9.59 Å². The Bertz CT molecular complexity index is 401. The average molecular weight is 293 g/mol. The van der Waals surface area contributed by atoms with Crippen molar-refractivity contribution in [3.8, 4) is 0 Å². The van der Waals surface area contributed by atoms with E-state index < -0.39 is 11.9 Å². The standard InChI is InChI=1S/C17H27NO3/c1-3-9-18(13-7-5-6-8-13)16(19)14-10-12(4-2)11-15(14)17(20)21/h3,12-15H,1,4-11H2,2H3,(H,20,21)/t12?,14-,15+/m0/s1. The van der Waals surface area contributed by atoms with Crippen LogP contribution in [-0.2, 0) is 9.59 Å². The molecular weight excluding hydrogens is 266 g/mol. The molecule has 2 saturated carbocycles. The van der Waals surface area contributed by atoms with E-state index in [2.05, 4.69) is 13.5 Å². The van der Waals surface area contributed by atoms with E-state index in [4.69, 9.17) is 0 Å². The zero-order chi connectivity index (χ0) is 15.4. The minimum Gasteiger partial charge on any atom is -0.481 e. The van der Waals surface area contributed by atoms with E-state index in [9.17, 15) is 14.7 Å². The van der Waals surface area contributed by atoms with Crippen molar-refractivity contribution >= 4 is 11.9 Å². The number of carboxylic acids is 1. The van der Waals surface area contributed by atoms with Crippen LogP contribution in [0.15, 0.2) is 12.7 Å². The molecule has 0 aromatic heterocycles. The van der Waals surface area contributed by atoms with Gasteiger partial charge >= 0.3 is 5.97 Å². The highest BCUT2D eigenvalue weighted by Gasteiger charge is 2.44. The number of carboxylic acid groups (broad SMARTS) is 1. The lowest BCUT2D eigenvalue weighted by Crippen LogP contribution is -2.44. The Morgan fingerprint density at radius 3 is 2.38 bits per heavy atom. The van der Waals surface area contributed by atoms with Crippen molar-refractivity contribution in [1.29, 1.82) is 0 Å². The lowest BCUT2D eigenvalue weighted by molar-refractivity contribution is -0.149. The first-order chi connectivity index (χ1) is 10.1. The maximum absolute atomic E-state index is 12.9. The number of amides is 1. The van der Waals surface area contributed by atoms with Crippen molar-refractivity contribution in [2.45, 2.75) is 57.9 Å². The third-order valence-electron chi connectivity index (χ3n) is 5.25. The van der Waals surface area contributed by atoms with Crippen LogP contribution in [0.25, 0.3) is 0 Å². The fourth-order valence-corrected chi connectivity index (χ4v) is 4.01. The van der Waals surface area contributed by atoms with Crippen molar-refractivity contribution in [2.75, 3.05) is 6.54 Å². The van der Waals surface area contributed by atoms with Crippen LogP contribution in [0.2, 0.25) is 0 Å². The Morgan fingerprint density at radius 2 is 1.86 bits per heavy atom. The van der Waals surface area contributed by atoms with Crippen molar-refractivity contribution in [2.24, 2.45) is 17.8 Å². The molecule has 0 aromatic rings. The fraction of sp³-hybridized carbons (Fsp3) is 0.765. The highest BCUT2D eigenvalue weighted by molar-refractivity contribution is 5.85. The molecule has 1 amide bonds. The van der Waals surface area contributed by atoms with Crippen LogP contribution in [0.3, 0.4) is 0 Å². The second kappa shape index (κ2) is 7.10. The van der Waals surface area contributed by atoms with Crippen molar-refractivity contribution < 1.29 is 14.7 Å². The van der Waals surface area contributed by atoms with Crippen molar-refractivity contribution in [3.63, 3.8) is 0 Å². The van der Waals surface area contributed by atoms with Gasteiger partial charge in [-0.05, 0) is 31.6 Å². The van der Waals surface area contributed by atoms with Gasteiger partial charge in [0.1, 0.15) is 0 Å². The summed E-state index contributed by atoms with van der Waals surface area (Å²) in [6.07, 6.45) is 8.51. The van der Waals surface area contributed by atoms with E-state index in [1.807, 2.05) is 4.90 Å². The van der Waals surface area contributed by atoms with Crippen molar-refractivity contribution in [3.05, 3.63) is 12.7 Å². The second-order valence-electron chi connectivity index (χ2n) is 6.51. The number of rotatable bonds is 6. The third-order valence-corrected chi connectivity index (χ3v) is 5.25. The zero-order valence-electron chi connectivity index (χ0n) is 13.0. The topological polar surface area (TPSA) is 57.6 Å². The summed E-state index contributed by atoms with van der Waals surface area (Å²) in [5.41, 5.74) is 0. The predicted octanol–water partition coefficient (Wildman–Crippen LogP) is 3.08. The molecule has 0 bridgehead atoms. The van der Waals surface area contributed by atoms with Gasteiger partial charge in [-0.1, -0.05) is 32.3 Å². The number of hydrogen-bond acceptors (Lipinski definition) is 2. The van der Waals surface area contributed by atoms with E-state index in [1.165, 1.54) is 0 Å². The molecule has 4 heteroatoms. The molecule has 2 aliphatic carbocycles. The molecule has 0 aliphatic heterocycles. The number of carbonyl (C=O) groups is 2. The third kappa shape index (κ3) is 3.47. The largest absolute Gasteiger partial charge is 0.481 e. The fourth-order valence-electron chi connectivity index (χ4n) is 4.01. The van der Waals surface area contributed by atoms with Crippen LogP contribution in [-0.4, -0.2) is 34.5 Å². The molecule has 0 spiro atoms. The summed E-state index contributed by atoms with van der Waals surface area (Å²) in [5.74, 6) is -1.24. The first-order valence-corrected chi connectivity index (χ1v) is 8.22. The molecule has 2 rings (SSSR count). The Kier molecular flexibility index (Phi) is 5.43. The smallest absolute Gasteiger partial charge is 0.307 e. The van der Waals surface area contributed by atoms with E-state index in [0.29, 0.717) is 18.9 Å². The molecule has 0 saturated heterocycles. The highest BCUT2D eigenvalue weighted by Crippen LogP contribution is 2.40. The van der Waals surface area contributed by atoms with Crippen LogP contribution >= 0.6 is 0 Å². The zero-order valence-corrected chi connectivity index (χ0v) is 13.0. The minimum absolute atomic E-state index is 0.0464. The molecule has 0 heterocycles. The Balaban J connectivity index is 2.13. The van der Waals surface area contributed by atoms with Gasteiger partial charge in [0.2, 0.25) is 5.91 Å². The Labute approximate surface area is 127 Å². The molecule has 118 valence electrons. The minimum atomic E-state index is -0.811. The first kappa shape index (κ1) is 16.1. The average Bonchev–Trinajstić information content (AvgIpc) is 3.12. The number of hydrogen-bond donors (Lipinski definition) is 1. The molecule has 4 nitrogen and oxygen atoms in total. The SMILES string of the molecule is C=CCN(C(=O)[C@H]1CC(CC)C[C@H]1C(=O)O)C1CCCC1. The van der Waals surface area contributed by atoms with Crippen LogP contribution in [0, 0.1) is 17.8 Å². The summed E-state index contributed by atoms with van der Waals surface area (Å²) in [5, 5.41) is 9.43. The van der Waals surface area contributed by atoms with Gasteiger partial charge in [-0.15, -0.1) is 6.58 Å². The molecule has 2 aliphatic rings. The molecule has 21 heavy (non-hydrogen) atoms. The number of carbonyl (C=O) groups excluding carboxylic acids is 1. The molecule has 1 N–H and O–H groups in total. The second-order valence-corrected chi connectivity index (χ2v) is 6.51. The monoisotopic (exact) mass is 293 g/mol. The maximum atomic E-state index is 12.9. The molecule has 0 radical (unpaired) electrons. The van der Waals surface area contributed by atoms with E-state index in [1.54, 1.807) is 6.08 Å². The summed E-state index contributed by atoms with van der Waals surface area (Å²) in [6.45, 7) is 6.38. The van der Waals surface area contributed by atoms with Gasteiger partial charge in [0.15, 0.2) is 0 Å². The van der Waals surface area contributed by atoms with Crippen LogP contribution in [0.5, 0.6) is 0 Å². The first-order valence-electron chi connectivity index (χ1n) is 8.22. The number of aliphatic carboxylic acids is 1. The molecule has 0 aromatic carbocycles. The van der Waals surface area contributed by atoms with Crippen LogP contribution in [0.4, 0.5) is 0 Å². The van der Waals surface area contributed by atoms with Gasteiger partial charge in [0, 0.05) is 12.6 Å². The van der Waals surface area contributed by atoms with Gasteiger partial charge < -0.3 is 10.0 Å². The summed E-state index contributed by atoms with van der Waals surface area (Å²) >= 11 is 0. The highest BCUT2D eigenvalue weighted by atomic mass is 16.4. The molecular formula is C17H27NO3. The van der Waals surface area contributed by atoms with Crippen LogP contribution < -0.4 is 0 Å². The van der Waals surface area contributed by atoms with E-state index in [-0.39, 0.29) is 17.9 Å².